The number of rotatable bonds is 3. The second-order valence-electron chi connectivity index (χ2n) is 4.95. The van der Waals surface area contributed by atoms with Gasteiger partial charge in [-0.25, -0.2) is 0 Å². The highest BCUT2D eigenvalue weighted by atomic mass is 35.5. The molecule has 0 aliphatic rings. The van der Waals surface area contributed by atoms with E-state index in [0.29, 0.717) is 5.02 Å². The number of benzene rings is 3. The summed E-state index contributed by atoms with van der Waals surface area (Å²) < 4.78 is 0. The molecule has 0 atom stereocenters. The van der Waals surface area contributed by atoms with Gasteiger partial charge < -0.3 is 5.11 Å². The predicted molar refractivity (Wildman–Crippen MR) is 86.4 cm³/mol. The summed E-state index contributed by atoms with van der Waals surface area (Å²) in [5.41, 5.74) is 1.27. The molecule has 2 heteroatoms. The van der Waals surface area contributed by atoms with Crippen molar-refractivity contribution in [1.82, 2.24) is 0 Å². The van der Waals surface area contributed by atoms with Crippen LogP contribution in [0.3, 0.4) is 0 Å². The Morgan fingerprint density at radius 1 is 0.571 bits per heavy atom. The van der Waals surface area contributed by atoms with Crippen LogP contribution in [0.1, 0.15) is 16.7 Å². The van der Waals surface area contributed by atoms with Crippen molar-refractivity contribution in [2.45, 2.75) is 5.60 Å². The van der Waals surface area contributed by atoms with E-state index in [2.05, 4.69) is 0 Å². The van der Waals surface area contributed by atoms with Crippen LogP contribution in [0.25, 0.3) is 0 Å². The summed E-state index contributed by atoms with van der Waals surface area (Å²) in [6.07, 6.45) is 0. The fourth-order valence-corrected chi connectivity index (χ4v) is 2.68. The van der Waals surface area contributed by atoms with Crippen LogP contribution in [-0.4, -0.2) is 5.11 Å². The van der Waals surface area contributed by atoms with E-state index in [4.69, 9.17) is 11.6 Å². The predicted octanol–water partition coefficient (Wildman–Crippen LogP) is 4.62. The van der Waals surface area contributed by atoms with Gasteiger partial charge in [-0.3, -0.25) is 0 Å². The number of halogens is 1. The van der Waals surface area contributed by atoms with Gasteiger partial charge in [0.1, 0.15) is 5.60 Å². The highest BCUT2D eigenvalue weighted by Crippen LogP contribution is 2.36. The number of hydrogen-bond acceptors (Lipinski definition) is 1. The van der Waals surface area contributed by atoms with E-state index in [0.717, 1.165) is 16.7 Å². The summed E-state index contributed by atoms with van der Waals surface area (Å²) in [4.78, 5) is 0. The van der Waals surface area contributed by atoms with Gasteiger partial charge in [-0.2, -0.15) is 0 Å². The molecule has 104 valence electrons. The molecule has 0 aliphatic carbocycles. The number of hydrogen-bond donors (Lipinski definition) is 1. The summed E-state index contributed by atoms with van der Waals surface area (Å²) >= 11 is 5.97. The molecule has 0 spiro atoms. The first-order valence-electron chi connectivity index (χ1n) is 6.81. The standard InChI is InChI=1S/C19H15ClO/c20-18-13-11-17(12-14-18)19(21,15-7-3-1-4-8-15)16-9-5-2-6-10-16/h1-14,21H. The van der Waals surface area contributed by atoms with Gasteiger partial charge in [0.15, 0.2) is 0 Å². The van der Waals surface area contributed by atoms with Crippen molar-refractivity contribution >= 4 is 11.6 Å². The molecule has 0 saturated heterocycles. The molecule has 0 bridgehead atoms. The highest BCUT2D eigenvalue weighted by molar-refractivity contribution is 6.30. The monoisotopic (exact) mass is 294 g/mol. The van der Waals surface area contributed by atoms with Gasteiger partial charge in [-0.1, -0.05) is 84.4 Å². The first-order chi connectivity index (χ1) is 10.2. The molecule has 0 amide bonds. The maximum absolute atomic E-state index is 11.5. The van der Waals surface area contributed by atoms with E-state index in [9.17, 15) is 5.11 Å². The van der Waals surface area contributed by atoms with Gasteiger partial charge in [0.05, 0.1) is 0 Å². The van der Waals surface area contributed by atoms with Crippen molar-refractivity contribution in [1.29, 1.82) is 0 Å². The van der Waals surface area contributed by atoms with Crippen LogP contribution < -0.4 is 0 Å². The molecule has 0 unspecified atom stereocenters. The third-order valence-corrected chi connectivity index (χ3v) is 3.90. The fraction of sp³-hybridized carbons (Fsp3) is 0.0526. The van der Waals surface area contributed by atoms with Crippen LogP contribution in [-0.2, 0) is 5.60 Å². The van der Waals surface area contributed by atoms with Gasteiger partial charge >= 0.3 is 0 Å². The molecule has 0 heterocycles. The van der Waals surface area contributed by atoms with E-state index in [1.807, 2.05) is 72.8 Å². The van der Waals surface area contributed by atoms with Gasteiger partial charge in [-0.05, 0) is 28.8 Å². The van der Waals surface area contributed by atoms with Gasteiger partial charge in [0, 0.05) is 5.02 Å². The normalized spacial score (nSPS) is 11.3. The molecule has 0 aromatic heterocycles. The lowest BCUT2D eigenvalue weighted by Gasteiger charge is -2.30. The maximum Gasteiger partial charge on any atom is 0.140 e. The second-order valence-corrected chi connectivity index (χ2v) is 5.39. The first kappa shape index (κ1) is 13.9. The Kier molecular flexibility index (Phi) is 3.78. The average molecular weight is 295 g/mol. The van der Waals surface area contributed by atoms with Crippen molar-refractivity contribution in [3.63, 3.8) is 0 Å². The Bertz CT molecular complexity index is 666. The topological polar surface area (TPSA) is 20.2 Å². The van der Waals surface area contributed by atoms with E-state index < -0.39 is 5.60 Å². The lowest BCUT2D eigenvalue weighted by atomic mass is 9.80. The van der Waals surface area contributed by atoms with E-state index in [1.54, 1.807) is 12.1 Å². The zero-order chi connectivity index (χ0) is 14.7. The third-order valence-electron chi connectivity index (χ3n) is 3.65. The molecule has 0 saturated carbocycles. The molecule has 1 N–H and O–H groups in total. The van der Waals surface area contributed by atoms with Crippen LogP contribution in [0.4, 0.5) is 0 Å². The average Bonchev–Trinajstić information content (AvgIpc) is 2.56. The van der Waals surface area contributed by atoms with Crippen molar-refractivity contribution in [2.75, 3.05) is 0 Å². The lowest BCUT2D eigenvalue weighted by molar-refractivity contribution is 0.125. The Balaban J connectivity index is 2.23. The van der Waals surface area contributed by atoms with E-state index in [-0.39, 0.29) is 0 Å². The molecular formula is C19H15ClO. The molecule has 0 radical (unpaired) electrons. The van der Waals surface area contributed by atoms with Gasteiger partial charge in [0.25, 0.3) is 0 Å². The van der Waals surface area contributed by atoms with Crippen LogP contribution in [0.2, 0.25) is 5.02 Å². The second kappa shape index (κ2) is 5.72. The molecule has 3 aromatic rings. The van der Waals surface area contributed by atoms with Gasteiger partial charge in [-0.15, -0.1) is 0 Å². The first-order valence-corrected chi connectivity index (χ1v) is 7.18. The molecule has 0 aliphatic heterocycles. The summed E-state index contributed by atoms with van der Waals surface area (Å²) in [5, 5.41) is 12.1. The minimum atomic E-state index is -1.19. The van der Waals surface area contributed by atoms with Crippen molar-refractivity contribution in [3.05, 3.63) is 107 Å². The zero-order valence-electron chi connectivity index (χ0n) is 11.4. The van der Waals surface area contributed by atoms with Crippen molar-refractivity contribution < 1.29 is 5.11 Å². The third kappa shape index (κ3) is 2.58. The molecular weight excluding hydrogens is 280 g/mol. The molecule has 21 heavy (non-hydrogen) atoms. The van der Waals surface area contributed by atoms with Crippen LogP contribution in [0.5, 0.6) is 0 Å². The number of aliphatic hydroxyl groups is 1. The lowest BCUT2D eigenvalue weighted by Crippen LogP contribution is -2.28. The van der Waals surface area contributed by atoms with E-state index >= 15 is 0 Å². The zero-order valence-corrected chi connectivity index (χ0v) is 12.2. The molecule has 3 rings (SSSR count). The van der Waals surface area contributed by atoms with E-state index in [1.165, 1.54) is 0 Å². The van der Waals surface area contributed by atoms with Gasteiger partial charge in [0.2, 0.25) is 0 Å². The molecule has 1 nitrogen and oxygen atoms in total. The minimum Gasteiger partial charge on any atom is -0.376 e. The smallest absolute Gasteiger partial charge is 0.140 e. The molecule has 3 aromatic carbocycles. The van der Waals surface area contributed by atoms with Crippen molar-refractivity contribution in [3.8, 4) is 0 Å². The van der Waals surface area contributed by atoms with Crippen LogP contribution in [0, 0.1) is 0 Å². The summed E-state index contributed by atoms with van der Waals surface area (Å²) in [6.45, 7) is 0. The maximum atomic E-state index is 11.5. The Hall–Kier alpha value is -2.09. The summed E-state index contributed by atoms with van der Waals surface area (Å²) in [5.74, 6) is 0. The van der Waals surface area contributed by atoms with Crippen LogP contribution in [0.15, 0.2) is 84.9 Å². The Morgan fingerprint density at radius 2 is 0.952 bits per heavy atom. The fourth-order valence-electron chi connectivity index (χ4n) is 2.55. The summed E-state index contributed by atoms with van der Waals surface area (Å²) in [6, 6.07) is 26.7. The summed E-state index contributed by atoms with van der Waals surface area (Å²) in [7, 11) is 0. The quantitative estimate of drug-likeness (QED) is 0.699. The Morgan fingerprint density at radius 3 is 1.38 bits per heavy atom. The minimum absolute atomic E-state index is 0.655. The van der Waals surface area contributed by atoms with Crippen LogP contribution >= 0.6 is 11.6 Å². The molecule has 0 fully saturated rings. The largest absolute Gasteiger partial charge is 0.376 e. The highest BCUT2D eigenvalue weighted by Gasteiger charge is 2.33. The van der Waals surface area contributed by atoms with Crippen molar-refractivity contribution in [2.24, 2.45) is 0 Å². The Labute approximate surface area is 129 Å². The SMILES string of the molecule is OC(c1ccccc1)(c1ccccc1)c1ccc(Cl)cc1.